The second-order valence-corrected chi connectivity index (χ2v) is 4.71. The van der Waals surface area contributed by atoms with E-state index >= 15 is 0 Å². The van der Waals surface area contributed by atoms with Crippen LogP contribution in [0.4, 0.5) is 5.88 Å². The highest BCUT2D eigenvalue weighted by Crippen LogP contribution is 2.26. The molecular formula is C12H14N2O6. The van der Waals surface area contributed by atoms with Gasteiger partial charge in [-0.3, -0.25) is 19.7 Å². The molecule has 0 radical (unpaired) electrons. The summed E-state index contributed by atoms with van der Waals surface area (Å²) in [5, 5.41) is 10.5. The molecule has 0 bridgehead atoms. The summed E-state index contributed by atoms with van der Waals surface area (Å²) < 4.78 is 9.55. The molecule has 1 fully saturated rings. The van der Waals surface area contributed by atoms with Gasteiger partial charge in [0.05, 0.1) is 19.1 Å². The van der Waals surface area contributed by atoms with Crippen molar-refractivity contribution in [3.8, 4) is 0 Å². The molecule has 1 amide bonds. The highest BCUT2D eigenvalue weighted by molar-refractivity contribution is 5.92. The van der Waals surface area contributed by atoms with E-state index in [0.717, 1.165) is 6.07 Å². The van der Waals surface area contributed by atoms with Crippen LogP contribution in [0.1, 0.15) is 17.5 Å². The first-order valence-electron chi connectivity index (χ1n) is 6.05. The first-order valence-corrected chi connectivity index (χ1v) is 6.05. The third-order valence-electron chi connectivity index (χ3n) is 3.39. The standard InChI is InChI=1S/C12H14N2O6/c1-7-5-13(6-8(7)12(16)19-2)11(15)9-3-4-10(20-9)14(17)18/h3-4,7-8H,5-6H2,1-2H3. The van der Waals surface area contributed by atoms with Crippen LogP contribution in [0.3, 0.4) is 0 Å². The number of hydrogen-bond acceptors (Lipinski definition) is 6. The normalized spacial score (nSPS) is 21.8. The number of rotatable bonds is 3. The first kappa shape index (κ1) is 14.0. The molecule has 0 aliphatic carbocycles. The molecule has 1 saturated heterocycles. The summed E-state index contributed by atoms with van der Waals surface area (Å²) in [4.78, 5) is 34.9. The average Bonchev–Trinajstić information content (AvgIpc) is 3.03. The van der Waals surface area contributed by atoms with Crippen molar-refractivity contribution in [3.63, 3.8) is 0 Å². The summed E-state index contributed by atoms with van der Waals surface area (Å²) in [5.74, 6) is -1.82. The third-order valence-corrected chi connectivity index (χ3v) is 3.39. The monoisotopic (exact) mass is 282 g/mol. The molecule has 8 nitrogen and oxygen atoms in total. The number of nitro groups is 1. The molecule has 1 aromatic rings. The Balaban J connectivity index is 2.10. The van der Waals surface area contributed by atoms with Crippen LogP contribution in [0.15, 0.2) is 16.5 Å². The van der Waals surface area contributed by atoms with Crippen LogP contribution < -0.4 is 0 Å². The van der Waals surface area contributed by atoms with Gasteiger partial charge in [0.25, 0.3) is 5.91 Å². The summed E-state index contributed by atoms with van der Waals surface area (Å²) in [6, 6.07) is 2.39. The van der Waals surface area contributed by atoms with E-state index in [4.69, 9.17) is 4.42 Å². The molecule has 0 N–H and O–H groups in total. The number of amides is 1. The van der Waals surface area contributed by atoms with Gasteiger partial charge in [0.1, 0.15) is 4.92 Å². The van der Waals surface area contributed by atoms with Crippen LogP contribution in [-0.2, 0) is 9.53 Å². The summed E-state index contributed by atoms with van der Waals surface area (Å²) in [7, 11) is 1.30. The van der Waals surface area contributed by atoms with E-state index in [2.05, 4.69) is 4.74 Å². The van der Waals surface area contributed by atoms with Crippen molar-refractivity contribution in [1.82, 2.24) is 4.90 Å². The lowest BCUT2D eigenvalue weighted by molar-refractivity contribution is -0.402. The molecule has 2 atom stereocenters. The number of nitrogens with zero attached hydrogens (tertiary/aromatic N) is 2. The summed E-state index contributed by atoms with van der Waals surface area (Å²) in [5.41, 5.74) is 0. The Morgan fingerprint density at radius 3 is 2.70 bits per heavy atom. The first-order chi connectivity index (χ1) is 9.43. The van der Waals surface area contributed by atoms with Crippen LogP contribution >= 0.6 is 0 Å². The SMILES string of the molecule is COC(=O)C1CN(C(=O)c2ccc([N+](=O)[O-])o2)CC1C. The topological polar surface area (TPSA) is 103 Å². The predicted octanol–water partition coefficient (Wildman–Crippen LogP) is 1.07. The lowest BCUT2D eigenvalue weighted by Gasteiger charge is -2.13. The van der Waals surface area contributed by atoms with Gasteiger partial charge in [-0.2, -0.15) is 0 Å². The largest absolute Gasteiger partial charge is 0.469 e. The predicted molar refractivity (Wildman–Crippen MR) is 65.9 cm³/mol. The summed E-state index contributed by atoms with van der Waals surface area (Å²) in [6.07, 6.45) is 0. The van der Waals surface area contributed by atoms with Crippen molar-refractivity contribution in [2.45, 2.75) is 6.92 Å². The minimum atomic E-state index is -0.708. The van der Waals surface area contributed by atoms with Gasteiger partial charge in [-0.25, -0.2) is 0 Å². The van der Waals surface area contributed by atoms with Gasteiger partial charge in [-0.05, 0) is 12.0 Å². The molecule has 0 aromatic carbocycles. The van der Waals surface area contributed by atoms with E-state index in [1.165, 1.54) is 18.1 Å². The van der Waals surface area contributed by atoms with Gasteiger partial charge in [-0.15, -0.1) is 0 Å². The Bertz CT molecular complexity index is 552. The third kappa shape index (κ3) is 2.49. The van der Waals surface area contributed by atoms with Gasteiger partial charge in [-0.1, -0.05) is 6.92 Å². The van der Waals surface area contributed by atoms with Crippen LogP contribution in [0.25, 0.3) is 0 Å². The molecule has 8 heteroatoms. The number of carbonyl (C=O) groups excluding carboxylic acids is 2. The Kier molecular flexibility index (Phi) is 3.73. The summed E-state index contributed by atoms with van der Waals surface area (Å²) in [6.45, 7) is 2.45. The number of furan rings is 1. The number of methoxy groups -OCH3 is 1. The molecular weight excluding hydrogens is 268 g/mol. The summed E-state index contributed by atoms with van der Waals surface area (Å²) >= 11 is 0. The molecule has 2 rings (SSSR count). The molecule has 108 valence electrons. The van der Waals surface area contributed by atoms with Crippen LogP contribution in [-0.4, -0.2) is 41.9 Å². The zero-order chi connectivity index (χ0) is 14.9. The fourth-order valence-electron chi connectivity index (χ4n) is 2.29. The molecule has 1 aromatic heterocycles. The molecule has 20 heavy (non-hydrogen) atoms. The van der Waals surface area contributed by atoms with Crippen molar-refractivity contribution >= 4 is 17.8 Å². The maximum Gasteiger partial charge on any atom is 0.433 e. The Labute approximate surface area is 114 Å². The van der Waals surface area contributed by atoms with Gasteiger partial charge in [0.15, 0.2) is 5.76 Å². The van der Waals surface area contributed by atoms with E-state index in [1.807, 2.05) is 6.92 Å². The highest BCUT2D eigenvalue weighted by atomic mass is 16.6. The van der Waals surface area contributed by atoms with Crippen molar-refractivity contribution < 1.29 is 23.7 Å². The van der Waals surface area contributed by atoms with Crippen LogP contribution in [0, 0.1) is 22.0 Å². The quantitative estimate of drug-likeness (QED) is 0.466. The lowest BCUT2D eigenvalue weighted by Crippen LogP contribution is -2.29. The van der Waals surface area contributed by atoms with Crippen molar-refractivity contribution in [1.29, 1.82) is 0 Å². The van der Waals surface area contributed by atoms with Crippen molar-refractivity contribution in [2.24, 2.45) is 11.8 Å². The molecule has 2 unspecified atom stereocenters. The van der Waals surface area contributed by atoms with Crippen LogP contribution in [0.5, 0.6) is 0 Å². The van der Waals surface area contributed by atoms with E-state index < -0.39 is 16.7 Å². The van der Waals surface area contributed by atoms with Crippen LogP contribution in [0.2, 0.25) is 0 Å². The number of carbonyl (C=O) groups is 2. The van der Waals surface area contributed by atoms with E-state index in [-0.39, 0.29) is 30.1 Å². The van der Waals surface area contributed by atoms with Gasteiger partial charge in [0.2, 0.25) is 0 Å². The molecule has 0 spiro atoms. The maximum atomic E-state index is 12.1. The van der Waals surface area contributed by atoms with Gasteiger partial charge >= 0.3 is 11.9 Å². The molecule has 0 saturated carbocycles. The number of hydrogen-bond donors (Lipinski definition) is 0. The van der Waals surface area contributed by atoms with Gasteiger partial charge < -0.3 is 14.1 Å². The maximum absolute atomic E-state index is 12.1. The highest BCUT2D eigenvalue weighted by Gasteiger charge is 2.38. The fraction of sp³-hybridized carbons (Fsp3) is 0.500. The minimum Gasteiger partial charge on any atom is -0.469 e. The number of ether oxygens (including phenoxy) is 1. The zero-order valence-electron chi connectivity index (χ0n) is 11.1. The molecule has 2 heterocycles. The van der Waals surface area contributed by atoms with E-state index in [9.17, 15) is 19.7 Å². The average molecular weight is 282 g/mol. The Hall–Kier alpha value is -2.38. The smallest absolute Gasteiger partial charge is 0.433 e. The van der Waals surface area contributed by atoms with E-state index in [1.54, 1.807) is 0 Å². The number of esters is 1. The Morgan fingerprint density at radius 1 is 1.45 bits per heavy atom. The van der Waals surface area contributed by atoms with Crippen molar-refractivity contribution in [2.75, 3.05) is 20.2 Å². The molecule has 1 aliphatic rings. The van der Waals surface area contributed by atoms with E-state index in [0.29, 0.717) is 6.54 Å². The molecule has 1 aliphatic heterocycles. The Morgan fingerprint density at radius 2 is 2.15 bits per heavy atom. The minimum absolute atomic E-state index is 0.0312. The lowest BCUT2D eigenvalue weighted by atomic mass is 9.99. The van der Waals surface area contributed by atoms with Gasteiger partial charge in [0, 0.05) is 13.1 Å². The second-order valence-electron chi connectivity index (χ2n) is 4.71. The second kappa shape index (κ2) is 5.32. The van der Waals surface area contributed by atoms with Crippen molar-refractivity contribution in [3.05, 3.63) is 28.0 Å². The fourth-order valence-corrected chi connectivity index (χ4v) is 2.29. The number of likely N-dealkylation sites (tertiary alicyclic amines) is 1. The zero-order valence-corrected chi connectivity index (χ0v) is 11.1.